The number of likely N-dealkylation sites (N-methyl/N-ethyl adjacent to an activating group) is 1. The van der Waals surface area contributed by atoms with E-state index in [0.717, 1.165) is 24.2 Å². The molecular weight excluding hydrogens is 475 g/mol. The van der Waals surface area contributed by atoms with Gasteiger partial charge in [-0.15, -0.1) is 24.0 Å². The second-order valence-corrected chi connectivity index (χ2v) is 7.80. The number of rotatable bonds is 7. The van der Waals surface area contributed by atoms with Gasteiger partial charge in [0.1, 0.15) is 5.75 Å². The van der Waals surface area contributed by atoms with E-state index in [0.29, 0.717) is 23.8 Å². The fraction of sp³-hybridized carbons (Fsp3) is 0.579. The van der Waals surface area contributed by atoms with Crippen LogP contribution < -0.4 is 15.4 Å². The van der Waals surface area contributed by atoms with Crippen molar-refractivity contribution in [3.05, 3.63) is 29.8 Å². The number of nitrogens with zero attached hydrogens (tertiary/aromatic N) is 2. The van der Waals surface area contributed by atoms with Gasteiger partial charge in [0.2, 0.25) is 5.91 Å². The van der Waals surface area contributed by atoms with Crippen molar-refractivity contribution in [1.82, 2.24) is 15.5 Å². The van der Waals surface area contributed by atoms with Crippen LogP contribution in [0.5, 0.6) is 5.75 Å². The minimum atomic E-state index is 0. The van der Waals surface area contributed by atoms with Crippen molar-refractivity contribution in [3.8, 4) is 5.75 Å². The molecule has 0 bridgehead atoms. The molecule has 0 aliphatic heterocycles. The summed E-state index contributed by atoms with van der Waals surface area (Å²) in [6.45, 7) is 0.786. The molecule has 1 aromatic rings. The zero-order valence-corrected chi connectivity index (χ0v) is 19.7. The van der Waals surface area contributed by atoms with Crippen molar-refractivity contribution in [2.45, 2.75) is 37.1 Å². The SMILES string of the molecule is COc1ccc(CN=C(NCC(=O)N(C)C)NC2CCC(SC)C2)cc1.I. The minimum absolute atomic E-state index is 0. The van der Waals surface area contributed by atoms with Crippen LogP contribution in [0.3, 0.4) is 0 Å². The van der Waals surface area contributed by atoms with E-state index in [4.69, 9.17) is 4.74 Å². The van der Waals surface area contributed by atoms with Gasteiger partial charge in [-0.2, -0.15) is 11.8 Å². The maximum Gasteiger partial charge on any atom is 0.241 e. The second-order valence-electron chi connectivity index (χ2n) is 6.67. The summed E-state index contributed by atoms with van der Waals surface area (Å²) < 4.78 is 5.19. The molecule has 2 N–H and O–H groups in total. The van der Waals surface area contributed by atoms with Gasteiger partial charge in [0.05, 0.1) is 20.2 Å². The first-order valence-corrected chi connectivity index (χ1v) is 10.2. The number of hydrogen-bond donors (Lipinski definition) is 2. The van der Waals surface area contributed by atoms with Gasteiger partial charge in [0.25, 0.3) is 0 Å². The van der Waals surface area contributed by atoms with Crippen LogP contribution in [-0.4, -0.2) is 62.1 Å². The Balaban J connectivity index is 0.00000364. The summed E-state index contributed by atoms with van der Waals surface area (Å²) >= 11 is 1.93. The van der Waals surface area contributed by atoms with Crippen LogP contribution in [0.1, 0.15) is 24.8 Å². The highest BCUT2D eigenvalue weighted by Crippen LogP contribution is 2.28. The molecule has 0 spiro atoms. The van der Waals surface area contributed by atoms with Crippen molar-refractivity contribution in [2.24, 2.45) is 4.99 Å². The number of ether oxygens (including phenoxy) is 1. The maximum absolute atomic E-state index is 11.9. The van der Waals surface area contributed by atoms with Crippen LogP contribution in [0, 0.1) is 0 Å². The number of carbonyl (C=O) groups excluding carboxylic acids is 1. The van der Waals surface area contributed by atoms with Crippen LogP contribution in [0.4, 0.5) is 0 Å². The zero-order valence-electron chi connectivity index (χ0n) is 16.5. The average molecular weight is 506 g/mol. The standard InChI is InChI=1S/C19H30N4O2S.HI/c1-23(2)18(24)13-21-19(22-15-7-10-17(11-15)26-4)20-12-14-5-8-16(25-3)9-6-14;/h5-6,8-9,15,17H,7,10-13H2,1-4H3,(H2,20,21,22);1H. The van der Waals surface area contributed by atoms with Crippen LogP contribution in [0.25, 0.3) is 0 Å². The molecule has 6 nitrogen and oxygen atoms in total. The second kappa shape index (κ2) is 12.3. The number of hydrogen-bond acceptors (Lipinski definition) is 4. The molecule has 2 rings (SSSR count). The van der Waals surface area contributed by atoms with E-state index in [9.17, 15) is 4.79 Å². The van der Waals surface area contributed by atoms with E-state index in [1.54, 1.807) is 26.1 Å². The Morgan fingerprint density at radius 2 is 2.00 bits per heavy atom. The van der Waals surface area contributed by atoms with Crippen LogP contribution in [0.2, 0.25) is 0 Å². The van der Waals surface area contributed by atoms with Gasteiger partial charge in [0, 0.05) is 25.4 Å². The number of guanidine groups is 1. The van der Waals surface area contributed by atoms with E-state index in [1.807, 2.05) is 36.0 Å². The molecule has 8 heteroatoms. The quantitative estimate of drug-likeness (QED) is 0.338. The molecular formula is C19H31IN4O2S. The summed E-state index contributed by atoms with van der Waals surface area (Å²) in [6.07, 6.45) is 5.66. The normalized spacial score (nSPS) is 19.2. The molecule has 27 heavy (non-hydrogen) atoms. The van der Waals surface area contributed by atoms with Gasteiger partial charge in [-0.1, -0.05) is 12.1 Å². The number of thioether (sulfide) groups is 1. The molecule has 1 amide bonds. The topological polar surface area (TPSA) is 66.0 Å². The summed E-state index contributed by atoms with van der Waals surface area (Å²) in [5, 5.41) is 7.37. The average Bonchev–Trinajstić information content (AvgIpc) is 3.11. The summed E-state index contributed by atoms with van der Waals surface area (Å²) in [5.74, 6) is 1.56. The molecule has 0 radical (unpaired) electrons. The first-order valence-electron chi connectivity index (χ1n) is 8.92. The Morgan fingerprint density at radius 1 is 1.30 bits per heavy atom. The third-order valence-electron chi connectivity index (χ3n) is 4.54. The number of aliphatic imine (C=N–C) groups is 1. The van der Waals surface area contributed by atoms with Crippen LogP contribution >= 0.6 is 35.7 Å². The Bertz CT molecular complexity index is 610. The molecule has 2 atom stereocenters. The fourth-order valence-corrected chi connectivity index (χ4v) is 3.65. The lowest BCUT2D eigenvalue weighted by Crippen LogP contribution is -2.46. The van der Waals surface area contributed by atoms with Crippen molar-refractivity contribution < 1.29 is 9.53 Å². The molecule has 0 saturated heterocycles. The van der Waals surface area contributed by atoms with E-state index < -0.39 is 0 Å². The molecule has 1 aliphatic carbocycles. The largest absolute Gasteiger partial charge is 0.497 e. The monoisotopic (exact) mass is 506 g/mol. The van der Waals surface area contributed by atoms with E-state index >= 15 is 0 Å². The molecule has 1 fully saturated rings. The Morgan fingerprint density at radius 3 is 2.56 bits per heavy atom. The van der Waals surface area contributed by atoms with E-state index in [2.05, 4.69) is 21.9 Å². The lowest BCUT2D eigenvalue weighted by Gasteiger charge is -2.19. The number of amides is 1. The predicted molar refractivity (Wildman–Crippen MR) is 124 cm³/mol. The van der Waals surface area contributed by atoms with Crippen LogP contribution in [-0.2, 0) is 11.3 Å². The minimum Gasteiger partial charge on any atom is -0.497 e. The molecule has 152 valence electrons. The van der Waals surface area contributed by atoms with Crippen LogP contribution in [0.15, 0.2) is 29.3 Å². The number of methoxy groups -OCH3 is 1. The Kier molecular flexibility index (Phi) is 10.9. The summed E-state index contributed by atoms with van der Waals surface area (Å²) in [6, 6.07) is 8.28. The highest BCUT2D eigenvalue weighted by molar-refractivity contribution is 14.0. The third kappa shape index (κ3) is 8.16. The molecule has 1 aromatic carbocycles. The number of halogens is 1. The van der Waals surface area contributed by atoms with Gasteiger partial charge in [-0.05, 0) is 43.2 Å². The van der Waals surface area contributed by atoms with Gasteiger partial charge in [0.15, 0.2) is 5.96 Å². The Hall–Kier alpha value is -1.16. The number of carbonyl (C=O) groups is 1. The lowest BCUT2D eigenvalue weighted by molar-refractivity contribution is -0.127. The first kappa shape index (κ1) is 23.9. The van der Waals surface area contributed by atoms with Crippen molar-refractivity contribution in [2.75, 3.05) is 34.0 Å². The van der Waals surface area contributed by atoms with Gasteiger partial charge in [-0.3, -0.25) is 4.79 Å². The highest BCUT2D eigenvalue weighted by atomic mass is 127. The molecule has 1 aliphatic rings. The predicted octanol–water partition coefficient (Wildman–Crippen LogP) is 2.72. The highest BCUT2D eigenvalue weighted by Gasteiger charge is 2.24. The van der Waals surface area contributed by atoms with E-state index in [1.165, 1.54) is 6.42 Å². The zero-order chi connectivity index (χ0) is 18.9. The summed E-state index contributed by atoms with van der Waals surface area (Å²) in [7, 11) is 5.17. The van der Waals surface area contributed by atoms with Gasteiger partial charge >= 0.3 is 0 Å². The van der Waals surface area contributed by atoms with Crippen molar-refractivity contribution >= 4 is 47.6 Å². The molecule has 2 unspecified atom stereocenters. The maximum atomic E-state index is 11.9. The van der Waals surface area contributed by atoms with Gasteiger partial charge in [-0.25, -0.2) is 4.99 Å². The van der Waals surface area contributed by atoms with Crippen molar-refractivity contribution in [3.63, 3.8) is 0 Å². The van der Waals surface area contributed by atoms with E-state index in [-0.39, 0.29) is 36.4 Å². The smallest absolute Gasteiger partial charge is 0.241 e. The van der Waals surface area contributed by atoms with Gasteiger partial charge < -0.3 is 20.3 Å². The molecule has 0 aromatic heterocycles. The molecule has 0 heterocycles. The third-order valence-corrected chi connectivity index (χ3v) is 5.64. The number of nitrogens with one attached hydrogen (secondary N) is 2. The fourth-order valence-electron chi connectivity index (χ4n) is 2.85. The summed E-state index contributed by atoms with van der Waals surface area (Å²) in [4.78, 5) is 18.1. The number of benzene rings is 1. The summed E-state index contributed by atoms with van der Waals surface area (Å²) in [5.41, 5.74) is 1.10. The van der Waals surface area contributed by atoms with Crippen molar-refractivity contribution in [1.29, 1.82) is 0 Å². The molecule has 1 saturated carbocycles. The lowest BCUT2D eigenvalue weighted by atomic mass is 10.2. The Labute approximate surface area is 183 Å². The first-order chi connectivity index (χ1) is 12.5.